The summed E-state index contributed by atoms with van der Waals surface area (Å²) >= 11 is 6.28. The molecular weight excluding hydrogens is 479 g/mol. The summed E-state index contributed by atoms with van der Waals surface area (Å²) in [7, 11) is 1.71. The first kappa shape index (κ1) is 23.5. The van der Waals surface area contributed by atoms with Crippen molar-refractivity contribution in [3.05, 3.63) is 106 Å². The second-order valence-electron chi connectivity index (χ2n) is 8.60. The zero-order valence-corrected chi connectivity index (χ0v) is 20.3. The van der Waals surface area contributed by atoms with E-state index in [4.69, 9.17) is 11.6 Å². The summed E-state index contributed by atoms with van der Waals surface area (Å²) in [6, 6.07) is 18.6. The van der Waals surface area contributed by atoms with Gasteiger partial charge < -0.3 is 14.9 Å². The van der Waals surface area contributed by atoms with Crippen LogP contribution in [0, 0.1) is 5.82 Å². The molecule has 0 bridgehead atoms. The van der Waals surface area contributed by atoms with E-state index in [0.717, 1.165) is 16.7 Å². The number of aromatic amines is 1. The van der Waals surface area contributed by atoms with Gasteiger partial charge >= 0.3 is 0 Å². The average molecular weight is 501 g/mol. The van der Waals surface area contributed by atoms with Gasteiger partial charge in [0.25, 0.3) is 5.56 Å². The number of benzene rings is 2. The van der Waals surface area contributed by atoms with Gasteiger partial charge in [0.15, 0.2) is 0 Å². The molecule has 3 aromatic heterocycles. The highest BCUT2D eigenvalue weighted by molar-refractivity contribution is 6.31. The van der Waals surface area contributed by atoms with Gasteiger partial charge in [-0.1, -0.05) is 35.9 Å². The summed E-state index contributed by atoms with van der Waals surface area (Å²) in [6.45, 7) is 1.75. The highest BCUT2D eigenvalue weighted by Gasteiger charge is 2.20. The minimum atomic E-state index is -0.505. The highest BCUT2D eigenvalue weighted by Crippen LogP contribution is 2.38. The maximum Gasteiger partial charge on any atom is 0.260 e. The lowest BCUT2D eigenvalue weighted by molar-refractivity contribution is -0.117. The summed E-state index contributed by atoms with van der Waals surface area (Å²) in [6.07, 6.45) is 3.31. The maximum atomic E-state index is 13.3. The SMILES string of the molecule is CC(C(=O)Nc1cc(-c2[nH]c3ccn(C)c(=O)c3c2-c2cccc(Cl)c2)ccn1)c1ccc(F)cc1. The molecule has 5 aromatic rings. The molecule has 2 N–H and O–H groups in total. The average Bonchev–Trinajstić information content (AvgIpc) is 3.27. The zero-order valence-electron chi connectivity index (χ0n) is 19.5. The van der Waals surface area contributed by atoms with Crippen molar-refractivity contribution in [2.45, 2.75) is 12.8 Å². The number of anilines is 1. The van der Waals surface area contributed by atoms with Crippen LogP contribution in [0.25, 0.3) is 33.3 Å². The predicted octanol–water partition coefficient (Wildman–Crippen LogP) is 6.13. The molecule has 0 fully saturated rings. The lowest BCUT2D eigenvalue weighted by Crippen LogP contribution is -2.19. The van der Waals surface area contributed by atoms with E-state index in [1.807, 2.05) is 30.3 Å². The molecule has 3 heterocycles. The van der Waals surface area contributed by atoms with Gasteiger partial charge in [-0.3, -0.25) is 9.59 Å². The number of pyridine rings is 2. The Morgan fingerprint density at radius 1 is 1.08 bits per heavy atom. The van der Waals surface area contributed by atoms with Gasteiger partial charge in [0.05, 0.1) is 22.5 Å². The van der Waals surface area contributed by atoms with Gasteiger partial charge in [0.1, 0.15) is 11.6 Å². The van der Waals surface area contributed by atoms with E-state index in [0.29, 0.717) is 33.0 Å². The molecule has 1 amide bonds. The number of hydrogen-bond acceptors (Lipinski definition) is 3. The van der Waals surface area contributed by atoms with Gasteiger partial charge in [-0.2, -0.15) is 0 Å². The fourth-order valence-corrected chi connectivity index (χ4v) is 4.43. The number of amides is 1. The maximum absolute atomic E-state index is 13.3. The Kier molecular flexibility index (Phi) is 6.16. The third kappa shape index (κ3) is 4.41. The summed E-state index contributed by atoms with van der Waals surface area (Å²) in [5, 5.41) is 3.94. The molecule has 36 heavy (non-hydrogen) atoms. The second-order valence-corrected chi connectivity index (χ2v) is 9.03. The lowest BCUT2D eigenvalue weighted by atomic mass is 9.99. The predicted molar refractivity (Wildman–Crippen MR) is 141 cm³/mol. The van der Waals surface area contributed by atoms with Crippen LogP contribution in [-0.2, 0) is 11.8 Å². The second kappa shape index (κ2) is 9.43. The van der Waals surface area contributed by atoms with Crippen molar-refractivity contribution in [1.82, 2.24) is 14.5 Å². The van der Waals surface area contributed by atoms with Crippen LogP contribution < -0.4 is 10.9 Å². The molecule has 0 radical (unpaired) electrons. The van der Waals surface area contributed by atoms with Crippen molar-refractivity contribution < 1.29 is 9.18 Å². The number of carbonyl (C=O) groups is 1. The van der Waals surface area contributed by atoms with Crippen molar-refractivity contribution in [3.8, 4) is 22.4 Å². The molecule has 5 rings (SSSR count). The summed E-state index contributed by atoms with van der Waals surface area (Å²) in [5.41, 5.74) is 4.20. The number of aryl methyl sites for hydroxylation is 1. The number of H-pyrrole nitrogens is 1. The quantitative estimate of drug-likeness (QED) is 0.304. The standard InChI is InChI=1S/C28H22ClFN4O2/c1-16(17-6-8-21(30)9-7-17)27(35)33-23-15-19(10-12-31-23)26-24(18-4-3-5-20(29)14-18)25-22(32-26)11-13-34(2)28(25)36/h3-16,32H,1-2H3,(H,31,33,35). The van der Waals surface area contributed by atoms with Crippen molar-refractivity contribution in [2.75, 3.05) is 5.32 Å². The Bertz CT molecular complexity index is 1660. The summed E-state index contributed by atoms with van der Waals surface area (Å²) in [4.78, 5) is 33.7. The first-order valence-corrected chi connectivity index (χ1v) is 11.7. The number of nitrogens with one attached hydrogen (secondary N) is 2. The summed E-state index contributed by atoms with van der Waals surface area (Å²) in [5.74, 6) is -0.777. The number of rotatable bonds is 5. The molecule has 8 heteroatoms. The van der Waals surface area contributed by atoms with E-state index < -0.39 is 5.92 Å². The monoisotopic (exact) mass is 500 g/mol. The molecule has 2 aromatic carbocycles. The Labute approximate surface area is 211 Å². The van der Waals surface area contributed by atoms with Gasteiger partial charge in [-0.05, 0) is 60.5 Å². The molecule has 1 unspecified atom stereocenters. The molecule has 180 valence electrons. The van der Waals surface area contributed by atoms with Gasteiger partial charge in [0, 0.05) is 35.6 Å². The van der Waals surface area contributed by atoms with Crippen molar-refractivity contribution in [3.63, 3.8) is 0 Å². The van der Waals surface area contributed by atoms with Crippen LogP contribution in [0.3, 0.4) is 0 Å². The van der Waals surface area contributed by atoms with E-state index in [-0.39, 0.29) is 17.3 Å². The van der Waals surface area contributed by atoms with Gasteiger partial charge in [-0.25, -0.2) is 9.37 Å². The van der Waals surface area contributed by atoms with Crippen LogP contribution in [0.5, 0.6) is 0 Å². The number of nitrogens with zero attached hydrogens (tertiary/aromatic N) is 2. The number of aromatic nitrogens is 3. The minimum absolute atomic E-state index is 0.138. The van der Waals surface area contributed by atoms with Crippen LogP contribution in [0.4, 0.5) is 10.2 Å². The van der Waals surface area contributed by atoms with Crippen LogP contribution in [0.2, 0.25) is 5.02 Å². The van der Waals surface area contributed by atoms with Gasteiger partial charge in [-0.15, -0.1) is 0 Å². The van der Waals surface area contributed by atoms with E-state index in [9.17, 15) is 14.0 Å². The number of hydrogen-bond donors (Lipinski definition) is 2. The van der Waals surface area contributed by atoms with Crippen molar-refractivity contribution >= 4 is 34.2 Å². The molecule has 6 nitrogen and oxygen atoms in total. The van der Waals surface area contributed by atoms with E-state index in [1.165, 1.54) is 16.7 Å². The van der Waals surface area contributed by atoms with Gasteiger partial charge in [0.2, 0.25) is 5.91 Å². The molecule has 0 spiro atoms. The van der Waals surface area contributed by atoms with Crippen LogP contribution in [0.15, 0.2) is 83.9 Å². The van der Waals surface area contributed by atoms with Crippen molar-refractivity contribution in [2.24, 2.45) is 7.05 Å². The lowest BCUT2D eigenvalue weighted by Gasteiger charge is -2.13. The minimum Gasteiger partial charge on any atom is -0.354 e. The van der Waals surface area contributed by atoms with Crippen molar-refractivity contribution in [1.29, 1.82) is 0 Å². The molecule has 0 aliphatic heterocycles. The largest absolute Gasteiger partial charge is 0.354 e. The Morgan fingerprint density at radius 2 is 1.86 bits per heavy atom. The van der Waals surface area contributed by atoms with Crippen LogP contribution >= 0.6 is 11.6 Å². The van der Waals surface area contributed by atoms with Crippen LogP contribution in [-0.4, -0.2) is 20.4 Å². The Hall–Kier alpha value is -4.23. The Balaban J connectivity index is 1.57. The number of fused-ring (bicyclic) bond motifs is 1. The smallest absolute Gasteiger partial charge is 0.260 e. The molecule has 0 aliphatic carbocycles. The van der Waals surface area contributed by atoms with E-state index in [2.05, 4.69) is 15.3 Å². The molecule has 0 saturated carbocycles. The summed E-state index contributed by atoms with van der Waals surface area (Å²) < 4.78 is 14.8. The first-order valence-electron chi connectivity index (χ1n) is 11.3. The number of halogens is 2. The molecule has 0 saturated heterocycles. The highest BCUT2D eigenvalue weighted by atomic mass is 35.5. The number of carbonyl (C=O) groups excluding carboxylic acids is 1. The third-order valence-electron chi connectivity index (χ3n) is 6.20. The fourth-order valence-electron chi connectivity index (χ4n) is 4.24. The van der Waals surface area contributed by atoms with Crippen LogP contribution in [0.1, 0.15) is 18.4 Å². The third-order valence-corrected chi connectivity index (χ3v) is 6.44. The van der Waals surface area contributed by atoms with E-state index >= 15 is 0 Å². The topological polar surface area (TPSA) is 79.8 Å². The fraction of sp³-hybridized carbons (Fsp3) is 0.107. The van der Waals surface area contributed by atoms with E-state index in [1.54, 1.807) is 50.6 Å². The molecular formula is C28H22ClFN4O2. The Morgan fingerprint density at radius 3 is 2.61 bits per heavy atom. The first-order chi connectivity index (χ1) is 17.3. The normalized spacial score (nSPS) is 12.0. The molecule has 0 aliphatic rings. The zero-order chi connectivity index (χ0) is 25.4. The molecule has 1 atom stereocenters.